The molecule has 3 aromatic heterocycles. The van der Waals surface area contributed by atoms with Gasteiger partial charge in [-0.25, -0.2) is 14.6 Å². The van der Waals surface area contributed by atoms with Crippen LogP contribution in [0.3, 0.4) is 0 Å². The molecule has 0 aliphatic heterocycles. The molecule has 5 rings (SSSR count). The number of fused-ring (bicyclic) bond motifs is 1. The normalized spacial score (nSPS) is 11.3. The molecule has 0 aliphatic rings. The summed E-state index contributed by atoms with van der Waals surface area (Å²) in [6.45, 7) is 4.40. The first-order valence-corrected chi connectivity index (χ1v) is 11.0. The molecule has 2 aromatic carbocycles. The summed E-state index contributed by atoms with van der Waals surface area (Å²) in [5.74, 6) is 0. The number of halogens is 1. The van der Waals surface area contributed by atoms with E-state index in [-0.39, 0.29) is 5.56 Å². The standard InChI is InChI=1S/C23H18ClN5OS/c1-14-7-15(2)9-17(8-14)29-21-19(10-26-29)23(30)28(13-25-21)11-16-12-31-22(27-16)18-5-3-4-6-20(18)24/h3-10,12-13H,11H2,1-2H3. The highest BCUT2D eigenvalue weighted by Gasteiger charge is 2.14. The molecule has 154 valence electrons. The van der Waals surface area contributed by atoms with E-state index in [2.05, 4.69) is 21.1 Å². The largest absolute Gasteiger partial charge is 0.292 e. The first kappa shape index (κ1) is 19.7. The lowest BCUT2D eigenvalue weighted by Gasteiger charge is -2.07. The number of hydrogen-bond acceptors (Lipinski definition) is 5. The fourth-order valence-corrected chi connectivity index (χ4v) is 4.77. The summed E-state index contributed by atoms with van der Waals surface area (Å²) in [6, 6.07) is 13.7. The lowest BCUT2D eigenvalue weighted by molar-refractivity contribution is 0.732. The fourth-order valence-electron chi connectivity index (χ4n) is 3.64. The molecule has 0 aliphatic carbocycles. The molecule has 0 unspecified atom stereocenters. The van der Waals surface area contributed by atoms with Crippen LogP contribution in [0.5, 0.6) is 0 Å². The highest BCUT2D eigenvalue weighted by Crippen LogP contribution is 2.30. The molecule has 0 atom stereocenters. The summed E-state index contributed by atoms with van der Waals surface area (Å²) in [6.07, 6.45) is 3.13. The highest BCUT2D eigenvalue weighted by atomic mass is 35.5. The van der Waals surface area contributed by atoms with Gasteiger partial charge in [0.05, 0.1) is 29.1 Å². The van der Waals surface area contributed by atoms with Crippen LogP contribution in [0, 0.1) is 13.8 Å². The third-order valence-corrected chi connectivity index (χ3v) is 6.25. The van der Waals surface area contributed by atoms with Gasteiger partial charge in [0.15, 0.2) is 5.65 Å². The van der Waals surface area contributed by atoms with Gasteiger partial charge in [0.25, 0.3) is 5.56 Å². The van der Waals surface area contributed by atoms with Crippen LogP contribution in [-0.2, 0) is 6.54 Å². The van der Waals surface area contributed by atoms with Crippen molar-refractivity contribution >= 4 is 34.0 Å². The fraction of sp³-hybridized carbons (Fsp3) is 0.130. The molecular weight excluding hydrogens is 430 g/mol. The van der Waals surface area contributed by atoms with E-state index >= 15 is 0 Å². The van der Waals surface area contributed by atoms with Crippen molar-refractivity contribution in [2.45, 2.75) is 20.4 Å². The van der Waals surface area contributed by atoms with Crippen LogP contribution in [0.25, 0.3) is 27.3 Å². The summed E-state index contributed by atoms with van der Waals surface area (Å²) in [5, 5.41) is 8.32. The van der Waals surface area contributed by atoms with Crippen LogP contribution in [0.15, 0.2) is 65.2 Å². The minimum atomic E-state index is -0.145. The van der Waals surface area contributed by atoms with Gasteiger partial charge in [-0.2, -0.15) is 5.10 Å². The molecule has 8 heteroatoms. The van der Waals surface area contributed by atoms with Crippen molar-refractivity contribution in [3.63, 3.8) is 0 Å². The Hall–Kier alpha value is -3.29. The minimum Gasteiger partial charge on any atom is -0.292 e. The van der Waals surface area contributed by atoms with E-state index in [1.807, 2.05) is 55.6 Å². The first-order valence-electron chi connectivity index (χ1n) is 9.71. The van der Waals surface area contributed by atoms with Crippen molar-refractivity contribution in [1.29, 1.82) is 0 Å². The molecule has 31 heavy (non-hydrogen) atoms. The Morgan fingerprint density at radius 2 is 1.87 bits per heavy atom. The van der Waals surface area contributed by atoms with E-state index in [4.69, 9.17) is 11.6 Å². The summed E-state index contributed by atoms with van der Waals surface area (Å²) in [5.41, 5.74) is 5.21. The van der Waals surface area contributed by atoms with E-state index in [9.17, 15) is 4.79 Å². The SMILES string of the molecule is Cc1cc(C)cc(-n2ncc3c(=O)n(Cc4csc(-c5ccccc5Cl)n4)cnc32)c1. The van der Waals surface area contributed by atoms with Crippen LogP contribution in [0.1, 0.15) is 16.8 Å². The van der Waals surface area contributed by atoms with E-state index in [1.54, 1.807) is 21.8 Å². The molecular formula is C23H18ClN5OS. The van der Waals surface area contributed by atoms with Crippen LogP contribution in [0.4, 0.5) is 0 Å². The Morgan fingerprint density at radius 1 is 1.10 bits per heavy atom. The summed E-state index contributed by atoms with van der Waals surface area (Å²) >= 11 is 7.79. The van der Waals surface area contributed by atoms with Crippen molar-refractivity contribution in [3.8, 4) is 16.3 Å². The maximum absolute atomic E-state index is 13.1. The first-order chi connectivity index (χ1) is 15.0. The van der Waals surface area contributed by atoms with Crippen molar-refractivity contribution < 1.29 is 0 Å². The summed E-state index contributed by atoms with van der Waals surface area (Å²) in [4.78, 5) is 22.3. The smallest absolute Gasteiger partial charge is 0.264 e. The van der Waals surface area contributed by atoms with Crippen molar-refractivity contribution in [2.75, 3.05) is 0 Å². The molecule has 0 spiro atoms. The van der Waals surface area contributed by atoms with Crippen LogP contribution in [0.2, 0.25) is 5.02 Å². The average molecular weight is 448 g/mol. The zero-order valence-electron chi connectivity index (χ0n) is 16.9. The minimum absolute atomic E-state index is 0.145. The molecule has 0 saturated heterocycles. The number of hydrogen-bond donors (Lipinski definition) is 0. The molecule has 6 nitrogen and oxygen atoms in total. The Bertz CT molecular complexity index is 1460. The maximum atomic E-state index is 13.1. The molecule has 5 aromatic rings. The number of benzene rings is 2. The van der Waals surface area contributed by atoms with Crippen LogP contribution in [-0.4, -0.2) is 24.3 Å². The summed E-state index contributed by atoms with van der Waals surface area (Å²) < 4.78 is 3.26. The van der Waals surface area contributed by atoms with Gasteiger partial charge in [0.2, 0.25) is 0 Å². The zero-order chi connectivity index (χ0) is 21.5. The number of rotatable bonds is 4. The van der Waals surface area contributed by atoms with Crippen LogP contribution >= 0.6 is 22.9 Å². The number of thiazole rings is 1. The van der Waals surface area contributed by atoms with Gasteiger partial charge >= 0.3 is 0 Å². The second kappa shape index (κ2) is 7.76. The van der Waals surface area contributed by atoms with Crippen molar-refractivity contribution in [2.24, 2.45) is 0 Å². The average Bonchev–Trinajstić information content (AvgIpc) is 3.37. The Morgan fingerprint density at radius 3 is 2.65 bits per heavy atom. The number of nitrogens with zero attached hydrogens (tertiary/aromatic N) is 5. The Kier molecular flexibility index (Phi) is 4.92. The van der Waals surface area contributed by atoms with E-state index in [0.717, 1.165) is 33.1 Å². The Labute approximate surface area is 187 Å². The van der Waals surface area contributed by atoms with Crippen molar-refractivity contribution in [3.05, 3.63) is 92.6 Å². The van der Waals surface area contributed by atoms with E-state index in [0.29, 0.717) is 22.6 Å². The Balaban J connectivity index is 1.49. The van der Waals surface area contributed by atoms with Crippen molar-refractivity contribution in [1.82, 2.24) is 24.3 Å². The highest BCUT2D eigenvalue weighted by molar-refractivity contribution is 7.13. The predicted molar refractivity (Wildman–Crippen MR) is 124 cm³/mol. The van der Waals surface area contributed by atoms with Gasteiger partial charge in [0, 0.05) is 10.9 Å². The third kappa shape index (κ3) is 3.66. The van der Waals surface area contributed by atoms with Gasteiger partial charge < -0.3 is 0 Å². The molecule has 0 saturated carbocycles. The van der Waals surface area contributed by atoms with Crippen LogP contribution < -0.4 is 5.56 Å². The van der Waals surface area contributed by atoms with Gasteiger partial charge in [0.1, 0.15) is 16.7 Å². The predicted octanol–water partition coefficient (Wildman–Crippen LogP) is 5.02. The second-order valence-electron chi connectivity index (χ2n) is 7.44. The van der Waals surface area contributed by atoms with Gasteiger partial charge in [-0.05, 0) is 43.2 Å². The van der Waals surface area contributed by atoms with Gasteiger partial charge in [-0.1, -0.05) is 35.9 Å². The molecule has 0 N–H and O–H groups in total. The zero-order valence-corrected chi connectivity index (χ0v) is 18.5. The topological polar surface area (TPSA) is 65.6 Å². The second-order valence-corrected chi connectivity index (χ2v) is 8.71. The molecule has 0 fully saturated rings. The van der Waals surface area contributed by atoms with E-state index < -0.39 is 0 Å². The van der Waals surface area contributed by atoms with Gasteiger partial charge in [-0.3, -0.25) is 9.36 Å². The number of aromatic nitrogens is 5. The molecule has 0 radical (unpaired) electrons. The van der Waals surface area contributed by atoms with E-state index in [1.165, 1.54) is 11.3 Å². The lowest BCUT2D eigenvalue weighted by atomic mass is 10.1. The lowest BCUT2D eigenvalue weighted by Crippen LogP contribution is -2.21. The monoisotopic (exact) mass is 447 g/mol. The maximum Gasteiger partial charge on any atom is 0.264 e. The third-order valence-electron chi connectivity index (χ3n) is 4.99. The molecule has 0 bridgehead atoms. The summed E-state index contributed by atoms with van der Waals surface area (Å²) in [7, 11) is 0. The van der Waals surface area contributed by atoms with Gasteiger partial charge in [-0.15, -0.1) is 11.3 Å². The number of aryl methyl sites for hydroxylation is 2. The quantitative estimate of drug-likeness (QED) is 0.388. The molecule has 3 heterocycles. The molecule has 0 amide bonds.